The van der Waals surface area contributed by atoms with Crippen LogP contribution in [0.5, 0.6) is 0 Å². The monoisotopic (exact) mass is 311 g/mol. The van der Waals surface area contributed by atoms with Crippen molar-refractivity contribution in [3.63, 3.8) is 0 Å². The van der Waals surface area contributed by atoms with Crippen molar-refractivity contribution in [3.8, 4) is 0 Å². The van der Waals surface area contributed by atoms with Crippen LogP contribution in [0, 0.1) is 17.3 Å². The van der Waals surface area contributed by atoms with Crippen LogP contribution >= 0.6 is 0 Å². The molecule has 6 nitrogen and oxygen atoms in total. The Labute approximate surface area is 132 Å². The van der Waals surface area contributed by atoms with Gasteiger partial charge in [-0.3, -0.25) is 9.59 Å². The van der Waals surface area contributed by atoms with Gasteiger partial charge in [0.1, 0.15) is 0 Å². The van der Waals surface area contributed by atoms with E-state index < -0.39 is 5.41 Å². The second kappa shape index (κ2) is 6.96. The number of β-amino-alcohol motifs (C(OH)–C–C–N with tert-alkyl or cyclic N) is 1. The minimum absolute atomic E-state index is 0.00510. The topological polar surface area (TPSA) is 81.7 Å². The molecule has 3 atom stereocenters. The minimum atomic E-state index is -0.405. The van der Waals surface area contributed by atoms with Gasteiger partial charge in [0.2, 0.25) is 11.8 Å². The third-order valence-corrected chi connectivity index (χ3v) is 4.56. The molecule has 22 heavy (non-hydrogen) atoms. The van der Waals surface area contributed by atoms with E-state index in [-0.39, 0.29) is 29.8 Å². The number of aliphatic hydroxyl groups is 1. The molecule has 2 aliphatic rings. The molecule has 2 heterocycles. The first-order valence-electron chi connectivity index (χ1n) is 8.25. The summed E-state index contributed by atoms with van der Waals surface area (Å²) in [6.45, 7) is 8.81. The van der Waals surface area contributed by atoms with Crippen molar-refractivity contribution in [1.29, 1.82) is 0 Å². The van der Waals surface area contributed by atoms with Crippen LogP contribution in [0.1, 0.15) is 33.6 Å². The van der Waals surface area contributed by atoms with E-state index in [0.29, 0.717) is 19.6 Å². The molecular formula is C16H29N3O3. The van der Waals surface area contributed by atoms with E-state index in [9.17, 15) is 14.7 Å². The second-order valence-corrected chi connectivity index (χ2v) is 7.57. The van der Waals surface area contributed by atoms with Gasteiger partial charge < -0.3 is 20.6 Å². The molecule has 0 bridgehead atoms. The van der Waals surface area contributed by atoms with E-state index in [1.54, 1.807) is 0 Å². The van der Waals surface area contributed by atoms with E-state index >= 15 is 0 Å². The Balaban J connectivity index is 1.83. The number of hydrogen-bond acceptors (Lipinski definition) is 4. The van der Waals surface area contributed by atoms with Crippen LogP contribution in [0.3, 0.4) is 0 Å². The maximum absolute atomic E-state index is 12.4. The highest BCUT2D eigenvalue weighted by atomic mass is 16.3. The molecule has 2 amide bonds. The zero-order valence-electron chi connectivity index (χ0n) is 13.9. The Morgan fingerprint density at radius 3 is 2.64 bits per heavy atom. The van der Waals surface area contributed by atoms with Crippen molar-refractivity contribution in [2.45, 2.75) is 39.7 Å². The van der Waals surface area contributed by atoms with Gasteiger partial charge in [-0.2, -0.15) is 0 Å². The van der Waals surface area contributed by atoms with Gasteiger partial charge in [-0.25, -0.2) is 0 Å². The van der Waals surface area contributed by atoms with Crippen molar-refractivity contribution >= 4 is 11.8 Å². The number of carbonyl (C=O) groups is 2. The van der Waals surface area contributed by atoms with E-state index in [1.165, 1.54) is 0 Å². The van der Waals surface area contributed by atoms with E-state index in [4.69, 9.17) is 0 Å². The van der Waals surface area contributed by atoms with Gasteiger partial charge in [-0.05, 0) is 12.8 Å². The lowest BCUT2D eigenvalue weighted by Gasteiger charge is -2.36. The SMILES string of the molecule is CC(C)(C)C(=O)N1CCCC(C(=O)NCC2CNCC2O)C1. The van der Waals surface area contributed by atoms with Crippen LogP contribution in [0.15, 0.2) is 0 Å². The summed E-state index contributed by atoms with van der Waals surface area (Å²) < 4.78 is 0. The van der Waals surface area contributed by atoms with Crippen molar-refractivity contribution < 1.29 is 14.7 Å². The fraction of sp³-hybridized carbons (Fsp3) is 0.875. The lowest BCUT2D eigenvalue weighted by atomic mass is 9.91. The number of aliphatic hydroxyl groups excluding tert-OH is 1. The van der Waals surface area contributed by atoms with Crippen molar-refractivity contribution in [3.05, 3.63) is 0 Å². The minimum Gasteiger partial charge on any atom is -0.391 e. The van der Waals surface area contributed by atoms with Crippen LogP contribution in [-0.2, 0) is 9.59 Å². The predicted molar refractivity (Wildman–Crippen MR) is 84.1 cm³/mol. The van der Waals surface area contributed by atoms with Gasteiger partial charge in [0.15, 0.2) is 0 Å². The number of rotatable bonds is 3. The quantitative estimate of drug-likeness (QED) is 0.683. The summed E-state index contributed by atoms with van der Waals surface area (Å²) in [7, 11) is 0. The molecule has 0 saturated carbocycles. The number of nitrogens with zero attached hydrogens (tertiary/aromatic N) is 1. The molecular weight excluding hydrogens is 282 g/mol. The highest BCUT2D eigenvalue weighted by Crippen LogP contribution is 2.23. The van der Waals surface area contributed by atoms with Crippen molar-refractivity contribution in [2.24, 2.45) is 17.3 Å². The molecule has 0 radical (unpaired) electrons. The van der Waals surface area contributed by atoms with Crippen LogP contribution in [-0.4, -0.2) is 60.6 Å². The molecule has 0 spiro atoms. The van der Waals surface area contributed by atoms with Gasteiger partial charge in [-0.15, -0.1) is 0 Å². The normalized spacial score (nSPS) is 29.5. The number of hydrogen-bond donors (Lipinski definition) is 3. The van der Waals surface area contributed by atoms with Crippen molar-refractivity contribution in [1.82, 2.24) is 15.5 Å². The zero-order valence-corrected chi connectivity index (χ0v) is 13.9. The molecule has 2 aliphatic heterocycles. The molecule has 2 rings (SSSR count). The number of amides is 2. The molecule has 0 aromatic heterocycles. The maximum atomic E-state index is 12.4. The molecule has 2 fully saturated rings. The van der Waals surface area contributed by atoms with Gasteiger partial charge in [-0.1, -0.05) is 20.8 Å². The van der Waals surface area contributed by atoms with Gasteiger partial charge in [0.25, 0.3) is 0 Å². The number of carbonyl (C=O) groups excluding carboxylic acids is 2. The Morgan fingerprint density at radius 2 is 2.05 bits per heavy atom. The Kier molecular flexibility index (Phi) is 5.45. The molecule has 2 saturated heterocycles. The Hall–Kier alpha value is -1.14. The van der Waals surface area contributed by atoms with Crippen LogP contribution in [0.25, 0.3) is 0 Å². The van der Waals surface area contributed by atoms with Crippen LogP contribution < -0.4 is 10.6 Å². The molecule has 126 valence electrons. The average molecular weight is 311 g/mol. The van der Waals surface area contributed by atoms with Crippen LogP contribution in [0.4, 0.5) is 0 Å². The second-order valence-electron chi connectivity index (χ2n) is 7.57. The average Bonchev–Trinajstić information content (AvgIpc) is 2.88. The summed E-state index contributed by atoms with van der Waals surface area (Å²) in [5.41, 5.74) is -0.405. The predicted octanol–water partition coefficient (Wildman–Crippen LogP) is -0.0324. The molecule has 6 heteroatoms. The summed E-state index contributed by atoms with van der Waals surface area (Å²) in [4.78, 5) is 26.5. The number of likely N-dealkylation sites (tertiary alicyclic amines) is 1. The zero-order chi connectivity index (χ0) is 16.3. The molecule has 0 aromatic rings. The molecule has 3 N–H and O–H groups in total. The van der Waals surface area contributed by atoms with Gasteiger partial charge in [0.05, 0.1) is 12.0 Å². The third-order valence-electron chi connectivity index (χ3n) is 4.56. The Morgan fingerprint density at radius 1 is 1.32 bits per heavy atom. The highest BCUT2D eigenvalue weighted by Gasteiger charge is 2.34. The first-order chi connectivity index (χ1) is 10.3. The molecule has 0 aliphatic carbocycles. The first-order valence-corrected chi connectivity index (χ1v) is 8.25. The van der Waals surface area contributed by atoms with Crippen molar-refractivity contribution in [2.75, 3.05) is 32.7 Å². The maximum Gasteiger partial charge on any atom is 0.227 e. The number of piperidine rings is 1. The summed E-state index contributed by atoms with van der Waals surface area (Å²) in [5, 5.41) is 15.8. The van der Waals surface area contributed by atoms with E-state index in [0.717, 1.165) is 25.9 Å². The standard InChI is InChI=1S/C16H29N3O3/c1-16(2,3)15(22)19-6-4-5-11(10-19)14(21)18-8-12-7-17-9-13(12)20/h11-13,17,20H,4-10H2,1-3H3,(H,18,21). The largest absolute Gasteiger partial charge is 0.391 e. The summed E-state index contributed by atoms with van der Waals surface area (Å²) in [6, 6.07) is 0. The highest BCUT2D eigenvalue weighted by molar-refractivity contribution is 5.83. The smallest absolute Gasteiger partial charge is 0.227 e. The fourth-order valence-corrected chi connectivity index (χ4v) is 3.15. The molecule has 3 unspecified atom stereocenters. The summed E-state index contributed by atoms with van der Waals surface area (Å²) in [6.07, 6.45) is 1.31. The lowest BCUT2D eigenvalue weighted by Crippen LogP contribution is -2.49. The van der Waals surface area contributed by atoms with E-state index in [2.05, 4.69) is 10.6 Å². The number of nitrogens with one attached hydrogen (secondary N) is 2. The lowest BCUT2D eigenvalue weighted by molar-refractivity contribution is -0.142. The van der Waals surface area contributed by atoms with Gasteiger partial charge in [0, 0.05) is 44.1 Å². The fourth-order valence-electron chi connectivity index (χ4n) is 3.15. The van der Waals surface area contributed by atoms with E-state index in [1.807, 2.05) is 25.7 Å². The molecule has 0 aromatic carbocycles. The van der Waals surface area contributed by atoms with Gasteiger partial charge >= 0.3 is 0 Å². The third kappa shape index (κ3) is 4.20. The first kappa shape index (κ1) is 17.2. The van der Waals surface area contributed by atoms with Crippen LogP contribution in [0.2, 0.25) is 0 Å². The summed E-state index contributed by atoms with van der Waals surface area (Å²) >= 11 is 0. The Bertz CT molecular complexity index is 419. The summed E-state index contributed by atoms with van der Waals surface area (Å²) in [5.74, 6) is 0.0670.